The predicted molar refractivity (Wildman–Crippen MR) is 81.1 cm³/mol. The van der Waals surface area contributed by atoms with Crippen molar-refractivity contribution in [1.82, 2.24) is 14.9 Å². The molecule has 7 heteroatoms. The molecule has 0 aliphatic carbocycles. The molecule has 1 amide bonds. The molecular weight excluding hydrogens is 270 g/mol. The molecule has 116 valence electrons. The van der Waals surface area contributed by atoms with Gasteiger partial charge in [-0.15, -0.1) is 0 Å². The minimum Gasteiger partial charge on any atom is -0.475 e. The SMILES string of the molecule is CC(=O)N1CCCC(Nc2cc(OC(C)C)nc(N)n2)C1. The summed E-state index contributed by atoms with van der Waals surface area (Å²) >= 11 is 0. The number of ether oxygens (including phenoxy) is 1. The quantitative estimate of drug-likeness (QED) is 0.868. The second-order valence-corrected chi connectivity index (χ2v) is 5.56. The summed E-state index contributed by atoms with van der Waals surface area (Å²) in [4.78, 5) is 21.5. The van der Waals surface area contributed by atoms with E-state index in [1.54, 1.807) is 13.0 Å². The zero-order chi connectivity index (χ0) is 15.4. The van der Waals surface area contributed by atoms with Crippen molar-refractivity contribution in [3.05, 3.63) is 6.07 Å². The molecule has 1 unspecified atom stereocenters. The Morgan fingerprint density at radius 2 is 2.29 bits per heavy atom. The highest BCUT2D eigenvalue weighted by Gasteiger charge is 2.22. The van der Waals surface area contributed by atoms with E-state index in [-0.39, 0.29) is 24.0 Å². The van der Waals surface area contributed by atoms with E-state index in [9.17, 15) is 4.79 Å². The van der Waals surface area contributed by atoms with Gasteiger partial charge in [0.1, 0.15) is 5.82 Å². The van der Waals surface area contributed by atoms with Crippen LogP contribution in [0.5, 0.6) is 5.88 Å². The number of rotatable bonds is 4. The average molecular weight is 293 g/mol. The van der Waals surface area contributed by atoms with Gasteiger partial charge in [-0.1, -0.05) is 0 Å². The normalized spacial score (nSPS) is 18.7. The largest absolute Gasteiger partial charge is 0.475 e. The molecule has 0 radical (unpaired) electrons. The zero-order valence-electron chi connectivity index (χ0n) is 12.8. The molecule has 1 aromatic heterocycles. The molecule has 1 aromatic rings. The van der Waals surface area contributed by atoms with Crippen LogP contribution in [0.3, 0.4) is 0 Å². The molecule has 1 saturated heterocycles. The van der Waals surface area contributed by atoms with Crippen molar-refractivity contribution in [3.8, 4) is 5.88 Å². The minimum atomic E-state index is 0.0232. The fraction of sp³-hybridized carbons (Fsp3) is 0.643. The van der Waals surface area contributed by atoms with Gasteiger partial charge in [0.15, 0.2) is 0 Å². The molecule has 0 bridgehead atoms. The Morgan fingerprint density at radius 3 is 2.95 bits per heavy atom. The van der Waals surface area contributed by atoms with Crippen LogP contribution >= 0.6 is 0 Å². The maximum absolute atomic E-state index is 11.5. The van der Waals surface area contributed by atoms with E-state index in [1.165, 1.54) is 0 Å². The first-order valence-electron chi connectivity index (χ1n) is 7.27. The maximum atomic E-state index is 11.5. The number of aromatic nitrogens is 2. The van der Waals surface area contributed by atoms with E-state index < -0.39 is 0 Å². The Balaban J connectivity index is 2.04. The van der Waals surface area contributed by atoms with Gasteiger partial charge in [0.25, 0.3) is 0 Å². The molecule has 1 atom stereocenters. The number of amides is 1. The van der Waals surface area contributed by atoms with Gasteiger partial charge in [0, 0.05) is 32.1 Å². The third-order valence-corrected chi connectivity index (χ3v) is 3.30. The summed E-state index contributed by atoms with van der Waals surface area (Å²) < 4.78 is 5.55. The topological polar surface area (TPSA) is 93.4 Å². The molecule has 2 heterocycles. The van der Waals surface area contributed by atoms with Crippen molar-refractivity contribution in [2.45, 2.75) is 45.8 Å². The molecule has 0 spiro atoms. The summed E-state index contributed by atoms with van der Waals surface area (Å²) in [5.74, 6) is 1.37. The van der Waals surface area contributed by atoms with Gasteiger partial charge in [0.2, 0.25) is 17.7 Å². The monoisotopic (exact) mass is 293 g/mol. The summed E-state index contributed by atoms with van der Waals surface area (Å²) in [6, 6.07) is 1.91. The van der Waals surface area contributed by atoms with Crippen molar-refractivity contribution in [2.75, 3.05) is 24.1 Å². The van der Waals surface area contributed by atoms with Crippen LogP contribution < -0.4 is 15.8 Å². The first kappa shape index (κ1) is 15.3. The van der Waals surface area contributed by atoms with Crippen LogP contribution in [0.15, 0.2) is 6.07 Å². The molecule has 1 aliphatic rings. The number of nitrogens with two attached hydrogens (primary N) is 1. The van der Waals surface area contributed by atoms with Gasteiger partial charge in [0.05, 0.1) is 6.10 Å². The van der Waals surface area contributed by atoms with Gasteiger partial charge in [-0.3, -0.25) is 4.79 Å². The van der Waals surface area contributed by atoms with Gasteiger partial charge < -0.3 is 20.7 Å². The van der Waals surface area contributed by atoms with Crippen LogP contribution in [-0.4, -0.2) is 46.0 Å². The van der Waals surface area contributed by atoms with E-state index in [0.717, 1.165) is 19.4 Å². The van der Waals surface area contributed by atoms with Gasteiger partial charge >= 0.3 is 0 Å². The van der Waals surface area contributed by atoms with Crippen LogP contribution in [0.2, 0.25) is 0 Å². The summed E-state index contributed by atoms with van der Waals surface area (Å²) in [5.41, 5.74) is 5.71. The third kappa shape index (κ3) is 4.47. The number of hydrogen-bond donors (Lipinski definition) is 2. The van der Waals surface area contributed by atoms with E-state index in [1.807, 2.05) is 18.7 Å². The first-order chi connectivity index (χ1) is 9.94. The first-order valence-corrected chi connectivity index (χ1v) is 7.27. The van der Waals surface area contributed by atoms with Crippen molar-refractivity contribution in [2.24, 2.45) is 0 Å². The number of hydrogen-bond acceptors (Lipinski definition) is 6. The van der Waals surface area contributed by atoms with Gasteiger partial charge in [-0.25, -0.2) is 0 Å². The average Bonchev–Trinajstić information content (AvgIpc) is 2.37. The van der Waals surface area contributed by atoms with E-state index in [4.69, 9.17) is 10.5 Å². The molecule has 2 rings (SSSR count). The van der Waals surface area contributed by atoms with E-state index in [0.29, 0.717) is 18.2 Å². The summed E-state index contributed by atoms with van der Waals surface area (Å²) in [7, 11) is 0. The number of nitrogens with one attached hydrogen (secondary N) is 1. The van der Waals surface area contributed by atoms with Gasteiger partial charge in [-0.2, -0.15) is 9.97 Å². The van der Waals surface area contributed by atoms with Crippen LogP contribution in [0.4, 0.5) is 11.8 Å². The molecule has 0 saturated carbocycles. The molecular formula is C14H23N5O2. The number of nitrogen functional groups attached to an aromatic ring is 1. The lowest BCUT2D eigenvalue weighted by Crippen LogP contribution is -2.44. The lowest BCUT2D eigenvalue weighted by Gasteiger charge is -2.32. The van der Waals surface area contributed by atoms with Crippen LogP contribution in [0.1, 0.15) is 33.6 Å². The number of nitrogens with zero attached hydrogens (tertiary/aromatic N) is 3. The fourth-order valence-corrected chi connectivity index (χ4v) is 2.41. The molecule has 0 aromatic carbocycles. The fourth-order valence-electron chi connectivity index (χ4n) is 2.41. The Labute approximate surface area is 124 Å². The molecule has 1 fully saturated rings. The highest BCUT2D eigenvalue weighted by molar-refractivity contribution is 5.73. The Hall–Kier alpha value is -2.05. The van der Waals surface area contributed by atoms with E-state index in [2.05, 4.69) is 15.3 Å². The minimum absolute atomic E-state index is 0.0232. The number of carbonyl (C=O) groups excluding carboxylic acids is 1. The van der Waals surface area contributed by atoms with Crippen LogP contribution in [-0.2, 0) is 4.79 Å². The van der Waals surface area contributed by atoms with Crippen molar-refractivity contribution in [3.63, 3.8) is 0 Å². The van der Waals surface area contributed by atoms with Crippen LogP contribution in [0.25, 0.3) is 0 Å². The Bertz CT molecular complexity index is 506. The number of likely N-dealkylation sites (tertiary alicyclic amines) is 1. The summed E-state index contributed by atoms with van der Waals surface area (Å²) in [5, 5.41) is 3.32. The van der Waals surface area contributed by atoms with E-state index >= 15 is 0 Å². The molecule has 21 heavy (non-hydrogen) atoms. The van der Waals surface area contributed by atoms with Gasteiger partial charge in [-0.05, 0) is 26.7 Å². The second kappa shape index (κ2) is 6.60. The van der Waals surface area contributed by atoms with Crippen molar-refractivity contribution >= 4 is 17.7 Å². The standard InChI is InChI=1S/C14H23N5O2/c1-9(2)21-13-7-12(17-14(15)18-13)16-11-5-4-6-19(8-11)10(3)20/h7,9,11H,4-6,8H2,1-3H3,(H3,15,16,17,18). The van der Waals surface area contributed by atoms with Crippen molar-refractivity contribution in [1.29, 1.82) is 0 Å². The Kier molecular flexibility index (Phi) is 4.82. The highest BCUT2D eigenvalue weighted by atomic mass is 16.5. The summed E-state index contributed by atoms with van der Waals surface area (Å²) in [6.45, 7) is 6.95. The molecule has 1 aliphatic heterocycles. The van der Waals surface area contributed by atoms with Crippen molar-refractivity contribution < 1.29 is 9.53 Å². The predicted octanol–water partition coefficient (Wildman–Crippen LogP) is 1.27. The number of piperidine rings is 1. The number of anilines is 2. The lowest BCUT2D eigenvalue weighted by molar-refractivity contribution is -0.129. The molecule has 7 nitrogen and oxygen atoms in total. The lowest BCUT2D eigenvalue weighted by atomic mass is 10.1. The smallest absolute Gasteiger partial charge is 0.225 e. The zero-order valence-corrected chi connectivity index (χ0v) is 12.8. The third-order valence-electron chi connectivity index (χ3n) is 3.30. The summed E-state index contributed by atoms with van der Waals surface area (Å²) in [6.07, 6.45) is 2.00. The molecule has 3 N–H and O–H groups in total. The number of carbonyl (C=O) groups is 1. The highest BCUT2D eigenvalue weighted by Crippen LogP contribution is 2.19. The van der Waals surface area contributed by atoms with Crippen LogP contribution in [0, 0.1) is 0 Å². The second-order valence-electron chi connectivity index (χ2n) is 5.56. The Morgan fingerprint density at radius 1 is 1.52 bits per heavy atom. The maximum Gasteiger partial charge on any atom is 0.225 e.